The van der Waals surface area contributed by atoms with Gasteiger partial charge >= 0.3 is 6.09 Å². The summed E-state index contributed by atoms with van der Waals surface area (Å²) in [4.78, 5) is 22.9. The minimum Gasteiger partial charge on any atom is -0.453 e. The molecule has 0 spiro atoms. The van der Waals surface area contributed by atoms with Gasteiger partial charge in [0.25, 0.3) is 0 Å². The molecule has 0 saturated carbocycles. The van der Waals surface area contributed by atoms with Gasteiger partial charge in [0.1, 0.15) is 0 Å². The first kappa shape index (κ1) is 14.3. The molecule has 6 heteroatoms. The van der Waals surface area contributed by atoms with Gasteiger partial charge in [-0.25, -0.2) is 4.79 Å². The standard InChI is InChI=1S/C14H19N3O3/c1-20-14(19)17-11-6-4-10(5-7-11)16-13(18)9-12-3-2-8-15-12/h4-7,12,15H,2-3,8-9H2,1H3,(H,16,18)(H,17,19). The molecule has 2 rings (SSSR count). The molecular weight excluding hydrogens is 258 g/mol. The van der Waals surface area contributed by atoms with E-state index < -0.39 is 6.09 Å². The Morgan fingerprint density at radius 3 is 2.45 bits per heavy atom. The lowest BCUT2D eigenvalue weighted by Crippen LogP contribution is -2.27. The fraction of sp³-hybridized carbons (Fsp3) is 0.429. The van der Waals surface area contributed by atoms with Crippen molar-refractivity contribution in [2.75, 3.05) is 24.3 Å². The van der Waals surface area contributed by atoms with Crippen molar-refractivity contribution in [3.63, 3.8) is 0 Å². The van der Waals surface area contributed by atoms with Crippen LogP contribution in [0.4, 0.5) is 16.2 Å². The van der Waals surface area contributed by atoms with Crippen LogP contribution in [0.5, 0.6) is 0 Å². The maximum atomic E-state index is 11.8. The zero-order valence-corrected chi connectivity index (χ0v) is 11.4. The van der Waals surface area contributed by atoms with Gasteiger partial charge in [0.15, 0.2) is 0 Å². The zero-order valence-electron chi connectivity index (χ0n) is 11.4. The third-order valence-electron chi connectivity index (χ3n) is 3.19. The Morgan fingerprint density at radius 2 is 1.90 bits per heavy atom. The lowest BCUT2D eigenvalue weighted by Gasteiger charge is -2.11. The minimum atomic E-state index is -0.519. The summed E-state index contributed by atoms with van der Waals surface area (Å²) in [6.07, 6.45) is 2.15. The van der Waals surface area contributed by atoms with Crippen LogP contribution < -0.4 is 16.0 Å². The molecule has 1 aliphatic rings. The molecule has 1 aliphatic heterocycles. The first-order chi connectivity index (χ1) is 9.67. The van der Waals surface area contributed by atoms with Crippen LogP contribution in [0.3, 0.4) is 0 Å². The summed E-state index contributed by atoms with van der Waals surface area (Å²) in [6.45, 7) is 0.992. The Labute approximate surface area is 117 Å². The van der Waals surface area contributed by atoms with Gasteiger partial charge in [-0.3, -0.25) is 10.1 Å². The topological polar surface area (TPSA) is 79.5 Å². The highest BCUT2D eigenvalue weighted by molar-refractivity contribution is 5.91. The van der Waals surface area contributed by atoms with E-state index in [-0.39, 0.29) is 11.9 Å². The van der Waals surface area contributed by atoms with Crippen LogP contribution in [0.2, 0.25) is 0 Å². The minimum absolute atomic E-state index is 0.00178. The monoisotopic (exact) mass is 277 g/mol. The van der Waals surface area contributed by atoms with Crippen LogP contribution in [-0.2, 0) is 9.53 Å². The quantitative estimate of drug-likeness (QED) is 0.786. The number of methoxy groups -OCH3 is 1. The highest BCUT2D eigenvalue weighted by Gasteiger charge is 2.17. The van der Waals surface area contributed by atoms with E-state index in [4.69, 9.17) is 0 Å². The maximum absolute atomic E-state index is 11.8. The zero-order chi connectivity index (χ0) is 14.4. The van der Waals surface area contributed by atoms with Crippen molar-refractivity contribution in [2.45, 2.75) is 25.3 Å². The first-order valence-corrected chi connectivity index (χ1v) is 6.65. The maximum Gasteiger partial charge on any atom is 0.411 e. The van der Waals surface area contributed by atoms with E-state index in [9.17, 15) is 9.59 Å². The first-order valence-electron chi connectivity index (χ1n) is 6.65. The summed E-state index contributed by atoms with van der Waals surface area (Å²) >= 11 is 0. The molecule has 2 amide bonds. The number of rotatable bonds is 4. The van der Waals surface area contributed by atoms with E-state index in [1.54, 1.807) is 24.3 Å². The molecule has 1 fully saturated rings. The Bertz CT molecular complexity index is 467. The molecule has 20 heavy (non-hydrogen) atoms. The number of amides is 2. The lowest BCUT2D eigenvalue weighted by atomic mass is 10.1. The average molecular weight is 277 g/mol. The lowest BCUT2D eigenvalue weighted by molar-refractivity contribution is -0.116. The van der Waals surface area contributed by atoms with E-state index >= 15 is 0 Å². The van der Waals surface area contributed by atoms with Gasteiger partial charge in [-0.1, -0.05) is 0 Å². The third-order valence-corrected chi connectivity index (χ3v) is 3.19. The molecule has 1 aromatic rings. The number of anilines is 2. The van der Waals surface area contributed by atoms with Crippen molar-refractivity contribution in [1.82, 2.24) is 5.32 Å². The van der Waals surface area contributed by atoms with Crippen molar-refractivity contribution < 1.29 is 14.3 Å². The summed E-state index contributed by atoms with van der Waals surface area (Å²) < 4.78 is 4.50. The molecule has 1 heterocycles. The number of hydrogen-bond donors (Lipinski definition) is 3. The molecule has 1 unspecified atom stereocenters. The summed E-state index contributed by atoms with van der Waals surface area (Å²) in [5, 5.41) is 8.68. The molecule has 3 N–H and O–H groups in total. The number of ether oxygens (including phenoxy) is 1. The van der Waals surface area contributed by atoms with Crippen LogP contribution in [0.25, 0.3) is 0 Å². The highest BCUT2D eigenvalue weighted by atomic mass is 16.5. The molecular formula is C14H19N3O3. The van der Waals surface area contributed by atoms with Gasteiger partial charge in [0.05, 0.1) is 7.11 Å². The normalized spacial score (nSPS) is 17.6. The third kappa shape index (κ3) is 4.24. The second kappa shape index (κ2) is 6.91. The van der Waals surface area contributed by atoms with Crippen molar-refractivity contribution >= 4 is 23.4 Å². The van der Waals surface area contributed by atoms with Gasteiger partial charge in [-0.2, -0.15) is 0 Å². The molecule has 108 valence electrons. The van der Waals surface area contributed by atoms with Gasteiger partial charge < -0.3 is 15.4 Å². The highest BCUT2D eigenvalue weighted by Crippen LogP contribution is 2.15. The Morgan fingerprint density at radius 1 is 1.25 bits per heavy atom. The summed E-state index contributed by atoms with van der Waals surface area (Å²) in [7, 11) is 1.31. The molecule has 0 aliphatic carbocycles. The van der Waals surface area contributed by atoms with Gasteiger partial charge in [0, 0.05) is 23.8 Å². The van der Waals surface area contributed by atoms with E-state index in [0.29, 0.717) is 17.8 Å². The number of carbonyl (C=O) groups excluding carboxylic acids is 2. The summed E-state index contributed by atoms with van der Waals surface area (Å²) in [5.74, 6) is -0.00178. The molecule has 0 bridgehead atoms. The fourth-order valence-corrected chi connectivity index (χ4v) is 2.17. The van der Waals surface area contributed by atoms with Gasteiger partial charge in [0.2, 0.25) is 5.91 Å². The second-order valence-corrected chi connectivity index (χ2v) is 4.74. The molecule has 6 nitrogen and oxygen atoms in total. The molecule has 1 atom stereocenters. The van der Waals surface area contributed by atoms with E-state index in [1.807, 2.05) is 0 Å². The van der Waals surface area contributed by atoms with E-state index in [1.165, 1.54) is 7.11 Å². The number of benzene rings is 1. The number of hydrogen-bond acceptors (Lipinski definition) is 4. The fourth-order valence-electron chi connectivity index (χ4n) is 2.17. The predicted octanol–water partition coefficient (Wildman–Crippen LogP) is 1.95. The second-order valence-electron chi connectivity index (χ2n) is 4.74. The van der Waals surface area contributed by atoms with E-state index in [2.05, 4.69) is 20.7 Å². The van der Waals surface area contributed by atoms with Crippen LogP contribution in [0.15, 0.2) is 24.3 Å². The van der Waals surface area contributed by atoms with E-state index in [0.717, 1.165) is 19.4 Å². The van der Waals surface area contributed by atoms with Crippen LogP contribution in [0, 0.1) is 0 Å². The Kier molecular flexibility index (Phi) is 4.95. The molecule has 0 radical (unpaired) electrons. The van der Waals surface area contributed by atoms with Crippen molar-refractivity contribution in [2.24, 2.45) is 0 Å². The average Bonchev–Trinajstić information content (AvgIpc) is 2.93. The van der Waals surface area contributed by atoms with Crippen LogP contribution in [-0.4, -0.2) is 31.7 Å². The van der Waals surface area contributed by atoms with Gasteiger partial charge in [-0.05, 0) is 43.7 Å². The SMILES string of the molecule is COC(=O)Nc1ccc(NC(=O)CC2CCCN2)cc1. The van der Waals surface area contributed by atoms with Crippen molar-refractivity contribution in [1.29, 1.82) is 0 Å². The Balaban J connectivity index is 1.83. The summed E-state index contributed by atoms with van der Waals surface area (Å²) in [5.41, 5.74) is 1.33. The van der Waals surface area contributed by atoms with Crippen molar-refractivity contribution in [3.05, 3.63) is 24.3 Å². The number of nitrogens with one attached hydrogen (secondary N) is 3. The van der Waals surface area contributed by atoms with Gasteiger partial charge in [-0.15, -0.1) is 0 Å². The number of carbonyl (C=O) groups is 2. The molecule has 1 aromatic carbocycles. The predicted molar refractivity (Wildman–Crippen MR) is 76.7 cm³/mol. The summed E-state index contributed by atoms with van der Waals surface area (Å²) in [6, 6.07) is 7.19. The molecule has 1 saturated heterocycles. The van der Waals surface area contributed by atoms with Crippen LogP contribution in [0.1, 0.15) is 19.3 Å². The van der Waals surface area contributed by atoms with Crippen LogP contribution >= 0.6 is 0 Å². The Hall–Kier alpha value is -2.08. The largest absolute Gasteiger partial charge is 0.453 e. The van der Waals surface area contributed by atoms with Crippen molar-refractivity contribution in [3.8, 4) is 0 Å². The smallest absolute Gasteiger partial charge is 0.411 e. The molecule has 0 aromatic heterocycles.